The summed E-state index contributed by atoms with van der Waals surface area (Å²) in [6.07, 6.45) is -0.472. The second-order valence-corrected chi connectivity index (χ2v) is 9.36. The molecular weight excluding hydrogens is 507 g/mol. The molecule has 4 aromatic rings. The lowest BCUT2D eigenvalue weighted by atomic mass is 10.1. The van der Waals surface area contributed by atoms with Gasteiger partial charge in [-0.2, -0.15) is 0 Å². The molecule has 0 radical (unpaired) electrons. The lowest BCUT2D eigenvalue weighted by molar-refractivity contribution is -0.130. The second-order valence-electron chi connectivity index (χ2n) is 8.92. The number of anilines is 1. The van der Waals surface area contributed by atoms with Crippen LogP contribution < -0.4 is 10.6 Å². The molecule has 3 heterocycles. The van der Waals surface area contributed by atoms with Crippen LogP contribution in [0.3, 0.4) is 0 Å². The number of carbonyl (C=O) groups excluding carboxylic acids is 2. The predicted molar refractivity (Wildman–Crippen MR) is 135 cm³/mol. The Morgan fingerprint density at radius 3 is 2.43 bits per heavy atom. The molecule has 0 saturated heterocycles. The lowest BCUT2D eigenvalue weighted by Crippen LogP contribution is -2.38. The molecule has 0 fully saturated rings. The number of benzene rings is 1. The Labute approximate surface area is 215 Å². The van der Waals surface area contributed by atoms with Crippen LogP contribution in [0.25, 0.3) is 22.3 Å². The monoisotopic (exact) mass is 529 g/mol. The van der Waals surface area contributed by atoms with Crippen LogP contribution >= 0.6 is 11.6 Å². The average molecular weight is 530 g/mol. The maximum absolute atomic E-state index is 13.8. The molecule has 0 atom stereocenters. The van der Waals surface area contributed by atoms with Crippen LogP contribution in [-0.4, -0.2) is 32.0 Å². The number of nitrogens with zero attached hydrogens (tertiary/aromatic N) is 3. The Morgan fingerprint density at radius 1 is 1.08 bits per heavy atom. The van der Waals surface area contributed by atoms with Gasteiger partial charge in [-0.15, -0.1) is 0 Å². The minimum absolute atomic E-state index is 0.187. The molecule has 0 aliphatic carbocycles. The lowest BCUT2D eigenvalue weighted by Gasteiger charge is -2.15. The molecule has 4 rings (SSSR count). The van der Waals surface area contributed by atoms with Crippen molar-refractivity contribution in [1.82, 2.24) is 19.9 Å². The van der Waals surface area contributed by atoms with E-state index >= 15 is 0 Å². The minimum atomic E-state index is -3.01. The normalized spacial score (nSPS) is 11.7. The zero-order valence-electron chi connectivity index (χ0n) is 20.2. The Balaban J connectivity index is 1.59. The number of amides is 2. The molecule has 2 N–H and O–H groups in total. The van der Waals surface area contributed by atoms with Gasteiger partial charge < -0.3 is 15.2 Å². The summed E-state index contributed by atoms with van der Waals surface area (Å²) in [6.45, 7) is 2.00. The Morgan fingerprint density at radius 2 is 1.78 bits per heavy atom. The predicted octanol–water partition coefficient (Wildman–Crippen LogP) is 5.84. The van der Waals surface area contributed by atoms with Crippen LogP contribution in [0.4, 0.5) is 18.9 Å². The van der Waals surface area contributed by atoms with Crippen molar-refractivity contribution in [2.24, 2.45) is 7.05 Å². The first-order valence-electron chi connectivity index (χ1n) is 11.2. The van der Waals surface area contributed by atoms with Gasteiger partial charge in [-0.05, 0) is 55.3 Å². The van der Waals surface area contributed by atoms with E-state index in [1.165, 1.54) is 12.3 Å². The number of hydrogen-bond acceptors (Lipinski definition) is 4. The third-order valence-corrected chi connectivity index (χ3v) is 5.94. The third kappa shape index (κ3) is 5.75. The topological polar surface area (TPSA) is 88.9 Å². The van der Waals surface area contributed by atoms with Crippen molar-refractivity contribution in [2.45, 2.75) is 32.5 Å². The maximum Gasteiger partial charge on any atom is 0.281 e. The van der Waals surface area contributed by atoms with Crippen LogP contribution in [0, 0.1) is 0 Å². The van der Waals surface area contributed by atoms with Gasteiger partial charge in [-0.3, -0.25) is 14.6 Å². The van der Waals surface area contributed by atoms with Gasteiger partial charge >= 0.3 is 0 Å². The maximum atomic E-state index is 13.8. The second kappa shape index (κ2) is 10.2. The number of carbonyl (C=O) groups is 2. The van der Waals surface area contributed by atoms with E-state index in [0.29, 0.717) is 16.4 Å². The summed E-state index contributed by atoms with van der Waals surface area (Å²) in [5, 5.41) is 6.28. The van der Waals surface area contributed by atoms with Crippen molar-refractivity contribution in [2.75, 3.05) is 5.32 Å². The smallest absolute Gasteiger partial charge is 0.281 e. The van der Waals surface area contributed by atoms with Crippen LogP contribution in [0.1, 0.15) is 41.9 Å². The van der Waals surface area contributed by atoms with Crippen molar-refractivity contribution >= 4 is 40.1 Å². The van der Waals surface area contributed by atoms with Crippen molar-refractivity contribution in [3.63, 3.8) is 0 Å². The van der Waals surface area contributed by atoms with Crippen molar-refractivity contribution in [3.05, 3.63) is 76.7 Å². The Kier molecular flexibility index (Phi) is 7.22. The van der Waals surface area contributed by atoms with Gasteiger partial charge in [-0.1, -0.05) is 23.7 Å². The van der Waals surface area contributed by atoms with E-state index in [2.05, 4.69) is 20.6 Å². The number of halogens is 4. The summed E-state index contributed by atoms with van der Waals surface area (Å²) in [6, 6.07) is 12.1. The molecule has 0 aliphatic heterocycles. The fraction of sp³-hybridized carbons (Fsp3) is 0.231. The number of hydrogen-bond donors (Lipinski definition) is 2. The molecule has 7 nitrogen and oxygen atoms in total. The summed E-state index contributed by atoms with van der Waals surface area (Å²) in [5.74, 6) is -1.70. The summed E-state index contributed by atoms with van der Waals surface area (Å²) < 4.78 is 42.8. The van der Waals surface area contributed by atoms with E-state index in [9.17, 15) is 22.8 Å². The van der Waals surface area contributed by atoms with Crippen molar-refractivity contribution < 1.29 is 22.8 Å². The van der Waals surface area contributed by atoms with Gasteiger partial charge in [0.15, 0.2) is 5.67 Å². The first-order valence-corrected chi connectivity index (χ1v) is 11.6. The van der Waals surface area contributed by atoms with E-state index in [-0.39, 0.29) is 17.7 Å². The number of aromatic nitrogens is 3. The zero-order valence-corrected chi connectivity index (χ0v) is 20.9. The molecule has 3 aromatic heterocycles. The molecule has 2 amide bonds. The standard InChI is InChI=1S/C26H23ClF3N5O2/c1-26(2,30)25(37)33-12-14-8-19(21(22(28)29)31-11-14)24(36)34-18-9-16-10-20(35(3)23(16)32-13-18)15-4-6-17(27)7-5-15/h4-11,13,22H,12H2,1-3H3,(H,33,37)(H,34,36). The van der Waals surface area contributed by atoms with Gasteiger partial charge in [0, 0.05) is 30.2 Å². The molecule has 0 aliphatic rings. The molecule has 0 bridgehead atoms. The SMILES string of the molecule is Cn1c(-c2ccc(Cl)cc2)cc2cc(NC(=O)c3cc(CNC(=O)C(C)(C)F)cnc3C(F)F)cnc21. The van der Waals surface area contributed by atoms with Gasteiger partial charge in [0.1, 0.15) is 11.3 Å². The molecular formula is C26H23ClF3N5O2. The highest BCUT2D eigenvalue weighted by molar-refractivity contribution is 6.30. The summed E-state index contributed by atoms with van der Waals surface area (Å²) in [4.78, 5) is 32.9. The van der Waals surface area contributed by atoms with E-state index in [0.717, 1.165) is 36.7 Å². The van der Waals surface area contributed by atoms with Gasteiger partial charge in [0.2, 0.25) is 0 Å². The van der Waals surface area contributed by atoms with E-state index < -0.39 is 29.6 Å². The molecule has 1 aromatic carbocycles. The van der Waals surface area contributed by atoms with Gasteiger partial charge in [0.25, 0.3) is 18.2 Å². The number of pyridine rings is 2. The largest absolute Gasteiger partial charge is 0.349 e. The first-order chi connectivity index (χ1) is 17.4. The number of fused-ring (bicyclic) bond motifs is 1. The molecule has 0 saturated carbocycles. The van der Waals surface area contributed by atoms with E-state index in [4.69, 9.17) is 11.6 Å². The van der Waals surface area contributed by atoms with Crippen molar-refractivity contribution in [3.8, 4) is 11.3 Å². The van der Waals surface area contributed by atoms with Crippen LogP contribution in [-0.2, 0) is 18.4 Å². The molecule has 11 heteroatoms. The molecule has 0 spiro atoms. The Bertz CT molecular complexity index is 1480. The zero-order chi connectivity index (χ0) is 26.9. The minimum Gasteiger partial charge on any atom is -0.349 e. The fourth-order valence-electron chi connectivity index (χ4n) is 3.75. The number of rotatable bonds is 7. The van der Waals surface area contributed by atoms with Gasteiger partial charge in [-0.25, -0.2) is 18.2 Å². The summed E-state index contributed by atoms with van der Waals surface area (Å²) in [5.41, 5.74) is -0.186. The van der Waals surface area contributed by atoms with Crippen molar-refractivity contribution in [1.29, 1.82) is 0 Å². The third-order valence-electron chi connectivity index (χ3n) is 5.68. The van der Waals surface area contributed by atoms with E-state index in [1.54, 1.807) is 18.2 Å². The highest BCUT2D eigenvalue weighted by Crippen LogP contribution is 2.29. The quantitative estimate of drug-likeness (QED) is 0.315. The number of nitrogens with one attached hydrogen (secondary N) is 2. The fourth-order valence-corrected chi connectivity index (χ4v) is 3.87. The summed E-state index contributed by atoms with van der Waals surface area (Å²) in [7, 11) is 1.85. The Hall–Kier alpha value is -3.92. The molecule has 37 heavy (non-hydrogen) atoms. The molecule has 192 valence electrons. The summed E-state index contributed by atoms with van der Waals surface area (Å²) >= 11 is 5.98. The number of aryl methyl sites for hydroxylation is 1. The molecule has 0 unspecified atom stereocenters. The van der Waals surface area contributed by atoms with Crippen LogP contribution in [0.15, 0.2) is 54.9 Å². The number of alkyl halides is 3. The highest BCUT2D eigenvalue weighted by atomic mass is 35.5. The first kappa shape index (κ1) is 26.2. The van der Waals surface area contributed by atoms with Crippen LogP contribution in [0.5, 0.6) is 0 Å². The van der Waals surface area contributed by atoms with E-state index in [1.807, 2.05) is 29.8 Å². The average Bonchev–Trinajstić information content (AvgIpc) is 3.17. The van der Waals surface area contributed by atoms with Crippen LogP contribution in [0.2, 0.25) is 5.02 Å². The highest BCUT2D eigenvalue weighted by Gasteiger charge is 2.26. The van der Waals surface area contributed by atoms with Gasteiger partial charge in [0.05, 0.1) is 23.1 Å².